The Morgan fingerprint density at radius 3 is 2.57 bits per heavy atom. The molecule has 1 aliphatic heterocycles. The first-order chi connectivity index (χ1) is 14.3. The number of carbonyl (C=O) groups excluding carboxylic acids is 1. The Labute approximate surface area is 186 Å². The van der Waals surface area contributed by atoms with Crippen LogP contribution in [0.5, 0.6) is 0 Å². The summed E-state index contributed by atoms with van der Waals surface area (Å²) in [5.74, 6) is -1.39. The van der Waals surface area contributed by atoms with E-state index >= 15 is 0 Å². The molecule has 2 amide bonds. The molecule has 0 bridgehead atoms. The molecule has 1 heterocycles. The fraction of sp³-hybridized carbons (Fsp3) is 0.364. The topological polar surface area (TPSA) is 81.7 Å². The van der Waals surface area contributed by atoms with E-state index in [4.69, 9.17) is 28.3 Å². The highest BCUT2D eigenvalue weighted by molar-refractivity contribution is 6.35. The van der Waals surface area contributed by atoms with Crippen LogP contribution in [0.15, 0.2) is 36.4 Å². The maximum Gasteiger partial charge on any atom is 0.319 e. The van der Waals surface area contributed by atoms with Crippen LogP contribution in [-0.2, 0) is 11.3 Å². The van der Waals surface area contributed by atoms with Gasteiger partial charge in [-0.3, -0.25) is 4.79 Å². The summed E-state index contributed by atoms with van der Waals surface area (Å²) in [6.45, 7) is 3.47. The number of carbonyl (C=O) groups is 2. The number of carboxylic acids is 1. The minimum Gasteiger partial charge on any atom is -0.481 e. The smallest absolute Gasteiger partial charge is 0.319 e. The van der Waals surface area contributed by atoms with Gasteiger partial charge in [0.15, 0.2) is 0 Å². The van der Waals surface area contributed by atoms with E-state index in [9.17, 15) is 9.59 Å². The van der Waals surface area contributed by atoms with E-state index in [0.29, 0.717) is 22.2 Å². The van der Waals surface area contributed by atoms with Gasteiger partial charge in [0.1, 0.15) is 0 Å². The van der Waals surface area contributed by atoms with Gasteiger partial charge in [-0.1, -0.05) is 42.3 Å². The Morgan fingerprint density at radius 1 is 1.23 bits per heavy atom. The third-order valence-electron chi connectivity index (χ3n) is 5.41. The molecule has 0 fully saturated rings. The van der Waals surface area contributed by atoms with Gasteiger partial charge < -0.3 is 20.6 Å². The molecule has 160 valence electrons. The largest absolute Gasteiger partial charge is 0.481 e. The van der Waals surface area contributed by atoms with Gasteiger partial charge in [0.25, 0.3) is 0 Å². The molecule has 0 saturated heterocycles. The zero-order chi connectivity index (χ0) is 21.8. The number of fused-ring (bicyclic) bond motifs is 1. The molecule has 1 aliphatic rings. The highest BCUT2D eigenvalue weighted by Crippen LogP contribution is 2.38. The predicted molar refractivity (Wildman–Crippen MR) is 120 cm³/mol. The fourth-order valence-corrected chi connectivity index (χ4v) is 4.30. The number of benzene rings is 2. The standard InChI is InChI=1S/C22H25Cl2N3O3/c1-3-13(21(28)29)10-25-22(30)26-16-6-4-14(5-7-16)18-11-27(2)12-19-17(18)8-15(23)9-20(19)24/h4-9,13,18H,3,10-12H2,1-2H3,(H,28,29)(H2,25,26,30). The third kappa shape index (κ3) is 5.25. The van der Waals surface area contributed by atoms with Crippen molar-refractivity contribution in [3.05, 3.63) is 63.1 Å². The van der Waals surface area contributed by atoms with E-state index in [1.807, 2.05) is 30.3 Å². The number of hydrogen-bond acceptors (Lipinski definition) is 3. The molecule has 0 radical (unpaired) electrons. The number of amides is 2. The number of rotatable bonds is 6. The summed E-state index contributed by atoms with van der Waals surface area (Å²) in [7, 11) is 2.06. The molecule has 0 aliphatic carbocycles. The van der Waals surface area contributed by atoms with Gasteiger partial charge in [-0.15, -0.1) is 0 Å². The summed E-state index contributed by atoms with van der Waals surface area (Å²) < 4.78 is 0. The summed E-state index contributed by atoms with van der Waals surface area (Å²) in [6, 6.07) is 11.0. The van der Waals surface area contributed by atoms with Gasteiger partial charge in [-0.05, 0) is 54.4 Å². The van der Waals surface area contributed by atoms with E-state index < -0.39 is 17.9 Å². The van der Waals surface area contributed by atoms with Gasteiger partial charge >= 0.3 is 12.0 Å². The zero-order valence-corrected chi connectivity index (χ0v) is 18.4. The van der Waals surface area contributed by atoms with Gasteiger partial charge in [-0.25, -0.2) is 4.79 Å². The lowest BCUT2D eigenvalue weighted by atomic mass is 9.85. The van der Waals surface area contributed by atoms with Crippen LogP contribution in [0.1, 0.15) is 36.0 Å². The molecular formula is C22H25Cl2N3O3. The SMILES string of the molecule is CCC(CNC(=O)Nc1ccc(C2CN(C)Cc3c(Cl)cc(Cl)cc32)cc1)C(=O)O. The molecule has 0 aromatic heterocycles. The van der Waals surface area contributed by atoms with Crippen LogP contribution in [0.3, 0.4) is 0 Å². The number of nitrogens with one attached hydrogen (secondary N) is 2. The quantitative estimate of drug-likeness (QED) is 0.591. The van der Waals surface area contributed by atoms with E-state index in [1.54, 1.807) is 13.0 Å². The van der Waals surface area contributed by atoms with E-state index in [0.717, 1.165) is 29.8 Å². The van der Waals surface area contributed by atoms with Crippen molar-refractivity contribution < 1.29 is 14.7 Å². The van der Waals surface area contributed by atoms with Crippen LogP contribution in [-0.4, -0.2) is 42.1 Å². The lowest BCUT2D eigenvalue weighted by molar-refractivity contribution is -0.141. The monoisotopic (exact) mass is 449 g/mol. The predicted octanol–water partition coefficient (Wildman–Crippen LogP) is 4.80. The Kier molecular flexibility index (Phi) is 7.23. The Morgan fingerprint density at radius 2 is 1.93 bits per heavy atom. The van der Waals surface area contributed by atoms with Crippen molar-refractivity contribution in [3.63, 3.8) is 0 Å². The highest BCUT2D eigenvalue weighted by Gasteiger charge is 2.27. The number of aliphatic carboxylic acids is 1. The Balaban J connectivity index is 1.71. The number of likely N-dealkylation sites (N-methyl/N-ethyl adjacent to an activating group) is 1. The van der Waals surface area contributed by atoms with Crippen molar-refractivity contribution in [1.82, 2.24) is 10.2 Å². The zero-order valence-electron chi connectivity index (χ0n) is 16.9. The van der Waals surface area contributed by atoms with Crippen molar-refractivity contribution >= 4 is 40.9 Å². The molecule has 2 aromatic carbocycles. The van der Waals surface area contributed by atoms with E-state index in [-0.39, 0.29) is 12.5 Å². The second kappa shape index (κ2) is 9.69. The summed E-state index contributed by atoms with van der Waals surface area (Å²) >= 11 is 12.7. The first-order valence-electron chi connectivity index (χ1n) is 9.82. The average Bonchev–Trinajstić information content (AvgIpc) is 2.69. The minimum absolute atomic E-state index is 0.0858. The lowest BCUT2D eigenvalue weighted by Crippen LogP contribution is -2.35. The van der Waals surface area contributed by atoms with E-state index in [1.165, 1.54) is 0 Å². The first kappa shape index (κ1) is 22.4. The first-order valence-corrected chi connectivity index (χ1v) is 10.6. The third-order valence-corrected chi connectivity index (χ3v) is 5.97. The summed E-state index contributed by atoms with van der Waals surface area (Å²) in [6.07, 6.45) is 0.454. The van der Waals surface area contributed by atoms with Crippen LogP contribution in [0.4, 0.5) is 10.5 Å². The molecule has 3 N–H and O–H groups in total. The van der Waals surface area contributed by atoms with Crippen molar-refractivity contribution in [1.29, 1.82) is 0 Å². The van der Waals surface area contributed by atoms with Crippen LogP contribution < -0.4 is 10.6 Å². The molecule has 6 nitrogen and oxygen atoms in total. The fourth-order valence-electron chi connectivity index (χ4n) is 3.73. The second-order valence-corrected chi connectivity index (χ2v) is 8.45. The maximum absolute atomic E-state index is 12.1. The molecule has 0 saturated carbocycles. The van der Waals surface area contributed by atoms with Crippen molar-refractivity contribution in [3.8, 4) is 0 Å². The highest BCUT2D eigenvalue weighted by atomic mass is 35.5. The van der Waals surface area contributed by atoms with Crippen molar-refractivity contribution in [2.75, 3.05) is 25.5 Å². The molecule has 2 atom stereocenters. The van der Waals surface area contributed by atoms with Crippen LogP contribution in [0, 0.1) is 5.92 Å². The van der Waals surface area contributed by atoms with E-state index in [2.05, 4.69) is 22.6 Å². The number of anilines is 1. The normalized spacial score (nSPS) is 17.1. The minimum atomic E-state index is -0.917. The lowest BCUT2D eigenvalue weighted by Gasteiger charge is -2.33. The van der Waals surface area contributed by atoms with Crippen LogP contribution >= 0.6 is 23.2 Å². The molecule has 30 heavy (non-hydrogen) atoms. The van der Waals surface area contributed by atoms with Gasteiger partial charge in [0.2, 0.25) is 0 Å². The molecular weight excluding hydrogens is 425 g/mol. The molecule has 2 aromatic rings. The molecule has 2 unspecified atom stereocenters. The second-order valence-electron chi connectivity index (χ2n) is 7.61. The number of hydrogen-bond donors (Lipinski definition) is 3. The number of carboxylic acid groups (broad SMARTS) is 1. The average molecular weight is 450 g/mol. The number of urea groups is 1. The van der Waals surface area contributed by atoms with Crippen LogP contribution in [0.25, 0.3) is 0 Å². The van der Waals surface area contributed by atoms with Gasteiger partial charge in [0.05, 0.1) is 5.92 Å². The Bertz CT molecular complexity index is 934. The maximum atomic E-state index is 12.1. The van der Waals surface area contributed by atoms with Gasteiger partial charge in [-0.2, -0.15) is 0 Å². The summed E-state index contributed by atoms with van der Waals surface area (Å²) in [5.41, 5.74) is 3.95. The molecule has 3 rings (SSSR count). The Hall–Kier alpha value is -2.28. The van der Waals surface area contributed by atoms with Gasteiger partial charge in [0, 0.05) is 41.3 Å². The molecule has 8 heteroatoms. The van der Waals surface area contributed by atoms with Crippen molar-refractivity contribution in [2.45, 2.75) is 25.8 Å². The molecule has 0 spiro atoms. The van der Waals surface area contributed by atoms with Crippen molar-refractivity contribution in [2.24, 2.45) is 5.92 Å². The number of nitrogens with zero attached hydrogens (tertiary/aromatic N) is 1. The number of halogens is 2. The summed E-state index contributed by atoms with van der Waals surface area (Å²) in [5, 5.41) is 15.7. The van der Waals surface area contributed by atoms with Crippen LogP contribution in [0.2, 0.25) is 10.0 Å². The summed E-state index contributed by atoms with van der Waals surface area (Å²) in [4.78, 5) is 25.3.